The molecule has 25 heavy (non-hydrogen) atoms. The Morgan fingerprint density at radius 2 is 1.12 bits per heavy atom. The molecule has 0 bridgehead atoms. The van der Waals surface area contributed by atoms with Gasteiger partial charge in [0.15, 0.2) is 0 Å². The minimum absolute atomic E-state index is 0.713. The van der Waals surface area contributed by atoms with Gasteiger partial charge in [0.05, 0.1) is 22.4 Å². The molecule has 0 atom stereocenters. The third kappa shape index (κ3) is 3.01. The SMILES string of the molecule is Cc1cc2nc(-c3ccccc3)c(-c3ccc(Cl)cc3)nc2cc1C. The van der Waals surface area contributed by atoms with Crippen molar-refractivity contribution in [2.45, 2.75) is 13.8 Å². The summed E-state index contributed by atoms with van der Waals surface area (Å²) in [6.45, 7) is 4.20. The fourth-order valence-electron chi connectivity index (χ4n) is 2.92. The van der Waals surface area contributed by atoms with Gasteiger partial charge in [-0.1, -0.05) is 54.1 Å². The number of benzene rings is 3. The molecule has 4 aromatic rings. The summed E-state index contributed by atoms with van der Waals surface area (Å²) in [7, 11) is 0. The van der Waals surface area contributed by atoms with Crippen molar-refractivity contribution in [3.8, 4) is 22.5 Å². The van der Waals surface area contributed by atoms with Crippen molar-refractivity contribution in [3.05, 3.63) is 82.9 Å². The molecule has 0 radical (unpaired) electrons. The topological polar surface area (TPSA) is 25.8 Å². The molecule has 1 heterocycles. The van der Waals surface area contributed by atoms with E-state index in [2.05, 4.69) is 38.1 Å². The van der Waals surface area contributed by atoms with Crippen LogP contribution in [-0.4, -0.2) is 9.97 Å². The average molecular weight is 345 g/mol. The van der Waals surface area contributed by atoms with Crippen LogP contribution in [0.15, 0.2) is 66.7 Å². The van der Waals surface area contributed by atoms with Crippen LogP contribution in [0.3, 0.4) is 0 Å². The first-order valence-corrected chi connectivity index (χ1v) is 8.60. The summed E-state index contributed by atoms with van der Waals surface area (Å²) in [5, 5.41) is 0.713. The third-order valence-corrected chi connectivity index (χ3v) is 4.70. The lowest BCUT2D eigenvalue weighted by molar-refractivity contribution is 1.26. The fourth-order valence-corrected chi connectivity index (χ4v) is 3.04. The van der Waals surface area contributed by atoms with Gasteiger partial charge in [-0.2, -0.15) is 0 Å². The van der Waals surface area contributed by atoms with Crippen LogP contribution >= 0.6 is 11.6 Å². The molecular formula is C22H17ClN2. The van der Waals surface area contributed by atoms with Crippen molar-refractivity contribution in [2.24, 2.45) is 0 Å². The minimum Gasteiger partial charge on any atom is -0.244 e. The molecule has 0 spiro atoms. The number of aryl methyl sites for hydroxylation is 2. The molecule has 0 aliphatic rings. The largest absolute Gasteiger partial charge is 0.244 e. The Morgan fingerprint density at radius 3 is 1.64 bits per heavy atom. The van der Waals surface area contributed by atoms with E-state index in [4.69, 9.17) is 21.6 Å². The molecule has 3 aromatic carbocycles. The van der Waals surface area contributed by atoms with Crippen LogP contribution in [0, 0.1) is 13.8 Å². The summed E-state index contributed by atoms with van der Waals surface area (Å²) in [6, 6.07) is 22.1. The zero-order chi connectivity index (χ0) is 17.4. The van der Waals surface area contributed by atoms with E-state index in [1.165, 1.54) is 11.1 Å². The Labute approximate surface area is 152 Å². The van der Waals surface area contributed by atoms with Gasteiger partial charge in [-0.25, -0.2) is 9.97 Å². The second kappa shape index (κ2) is 6.30. The van der Waals surface area contributed by atoms with Gasteiger partial charge in [-0.15, -0.1) is 0 Å². The number of hydrogen-bond acceptors (Lipinski definition) is 2. The van der Waals surface area contributed by atoms with Crippen molar-refractivity contribution >= 4 is 22.6 Å². The number of fused-ring (bicyclic) bond motifs is 1. The van der Waals surface area contributed by atoms with Gasteiger partial charge < -0.3 is 0 Å². The van der Waals surface area contributed by atoms with E-state index < -0.39 is 0 Å². The van der Waals surface area contributed by atoms with Gasteiger partial charge in [-0.05, 0) is 49.2 Å². The van der Waals surface area contributed by atoms with Crippen molar-refractivity contribution in [1.29, 1.82) is 0 Å². The predicted octanol–water partition coefficient (Wildman–Crippen LogP) is 6.23. The summed E-state index contributed by atoms with van der Waals surface area (Å²) in [5.74, 6) is 0. The van der Waals surface area contributed by atoms with Gasteiger partial charge in [-0.3, -0.25) is 0 Å². The van der Waals surface area contributed by atoms with Crippen molar-refractivity contribution in [1.82, 2.24) is 9.97 Å². The van der Waals surface area contributed by atoms with E-state index in [0.717, 1.165) is 33.5 Å². The first-order chi connectivity index (χ1) is 12.1. The van der Waals surface area contributed by atoms with Crippen molar-refractivity contribution in [3.63, 3.8) is 0 Å². The van der Waals surface area contributed by atoms with Gasteiger partial charge in [0.1, 0.15) is 0 Å². The molecule has 0 saturated carbocycles. The number of hydrogen-bond donors (Lipinski definition) is 0. The van der Waals surface area contributed by atoms with Gasteiger partial charge in [0, 0.05) is 16.1 Å². The molecule has 2 nitrogen and oxygen atoms in total. The highest BCUT2D eigenvalue weighted by molar-refractivity contribution is 6.30. The zero-order valence-electron chi connectivity index (χ0n) is 14.1. The van der Waals surface area contributed by atoms with E-state index in [1.807, 2.05) is 42.5 Å². The minimum atomic E-state index is 0.713. The second-order valence-electron chi connectivity index (χ2n) is 6.22. The van der Waals surface area contributed by atoms with Crippen LogP contribution in [0.4, 0.5) is 0 Å². The van der Waals surface area contributed by atoms with Crippen LogP contribution < -0.4 is 0 Å². The molecular weight excluding hydrogens is 328 g/mol. The van der Waals surface area contributed by atoms with Crippen LogP contribution in [0.1, 0.15) is 11.1 Å². The van der Waals surface area contributed by atoms with E-state index in [1.54, 1.807) is 0 Å². The van der Waals surface area contributed by atoms with Crippen molar-refractivity contribution in [2.75, 3.05) is 0 Å². The molecule has 0 unspecified atom stereocenters. The molecule has 0 aliphatic carbocycles. The van der Waals surface area contributed by atoms with E-state index in [-0.39, 0.29) is 0 Å². The monoisotopic (exact) mass is 344 g/mol. The number of halogens is 1. The summed E-state index contributed by atoms with van der Waals surface area (Å²) in [6.07, 6.45) is 0. The lowest BCUT2D eigenvalue weighted by atomic mass is 10.0. The first kappa shape index (κ1) is 15.8. The molecule has 0 amide bonds. The number of aromatic nitrogens is 2. The Hall–Kier alpha value is -2.71. The Bertz CT molecular complexity index is 1050. The number of nitrogens with zero attached hydrogens (tertiary/aromatic N) is 2. The molecule has 122 valence electrons. The van der Waals surface area contributed by atoms with Crippen LogP contribution in [-0.2, 0) is 0 Å². The maximum atomic E-state index is 6.05. The summed E-state index contributed by atoms with van der Waals surface area (Å²) < 4.78 is 0. The quantitative estimate of drug-likeness (QED) is 0.430. The zero-order valence-corrected chi connectivity index (χ0v) is 14.9. The Balaban J connectivity index is 2.04. The summed E-state index contributed by atoms with van der Waals surface area (Å²) in [4.78, 5) is 9.90. The molecule has 0 saturated heterocycles. The smallest absolute Gasteiger partial charge is 0.0973 e. The van der Waals surface area contributed by atoms with Crippen molar-refractivity contribution < 1.29 is 0 Å². The molecule has 1 aromatic heterocycles. The average Bonchev–Trinajstić information content (AvgIpc) is 2.63. The highest BCUT2D eigenvalue weighted by atomic mass is 35.5. The lowest BCUT2D eigenvalue weighted by Crippen LogP contribution is -1.96. The second-order valence-corrected chi connectivity index (χ2v) is 6.66. The first-order valence-electron chi connectivity index (χ1n) is 8.22. The Morgan fingerprint density at radius 1 is 0.640 bits per heavy atom. The van der Waals surface area contributed by atoms with E-state index in [0.29, 0.717) is 5.02 Å². The van der Waals surface area contributed by atoms with Gasteiger partial charge >= 0.3 is 0 Å². The summed E-state index contributed by atoms with van der Waals surface area (Å²) >= 11 is 6.05. The predicted molar refractivity (Wildman–Crippen MR) is 105 cm³/mol. The number of rotatable bonds is 2. The van der Waals surface area contributed by atoms with Crippen LogP contribution in [0.2, 0.25) is 5.02 Å². The lowest BCUT2D eigenvalue weighted by Gasteiger charge is -2.12. The third-order valence-electron chi connectivity index (χ3n) is 4.44. The van der Waals surface area contributed by atoms with Gasteiger partial charge in [0.25, 0.3) is 0 Å². The molecule has 0 aliphatic heterocycles. The maximum Gasteiger partial charge on any atom is 0.0973 e. The van der Waals surface area contributed by atoms with Crippen LogP contribution in [0.25, 0.3) is 33.5 Å². The standard InChI is InChI=1S/C22H17ClN2/c1-14-12-19-20(13-15(14)2)25-22(17-8-10-18(23)11-9-17)21(24-19)16-6-4-3-5-7-16/h3-13H,1-2H3. The fraction of sp³-hybridized carbons (Fsp3) is 0.0909. The van der Waals surface area contributed by atoms with E-state index in [9.17, 15) is 0 Å². The molecule has 4 rings (SSSR count). The van der Waals surface area contributed by atoms with Gasteiger partial charge in [0.2, 0.25) is 0 Å². The molecule has 0 N–H and O–H groups in total. The van der Waals surface area contributed by atoms with Crippen LogP contribution in [0.5, 0.6) is 0 Å². The van der Waals surface area contributed by atoms with E-state index >= 15 is 0 Å². The maximum absolute atomic E-state index is 6.05. The Kier molecular flexibility index (Phi) is 3.98. The normalized spacial score (nSPS) is 11.0. The molecule has 3 heteroatoms. The highest BCUT2D eigenvalue weighted by Gasteiger charge is 2.13. The highest BCUT2D eigenvalue weighted by Crippen LogP contribution is 2.32. The molecule has 0 fully saturated rings. The summed E-state index contributed by atoms with van der Waals surface area (Å²) in [5.41, 5.74) is 8.09.